The Labute approximate surface area is 121 Å². The van der Waals surface area contributed by atoms with Gasteiger partial charge in [0, 0.05) is 18.3 Å². The molecule has 0 bridgehead atoms. The Morgan fingerprint density at radius 2 is 2.20 bits per heavy atom. The van der Waals surface area contributed by atoms with E-state index in [1.807, 2.05) is 44.0 Å². The van der Waals surface area contributed by atoms with Gasteiger partial charge >= 0.3 is 0 Å². The molecule has 0 spiro atoms. The van der Waals surface area contributed by atoms with Gasteiger partial charge in [-0.2, -0.15) is 0 Å². The number of nitrogens with zero attached hydrogens (tertiary/aromatic N) is 1. The Bertz CT molecular complexity index is 460. The predicted octanol–water partition coefficient (Wildman–Crippen LogP) is 2.50. The first-order valence-corrected chi connectivity index (χ1v) is 7.31. The zero-order valence-electron chi connectivity index (χ0n) is 12.6. The van der Waals surface area contributed by atoms with E-state index in [-0.39, 0.29) is 18.6 Å². The van der Waals surface area contributed by atoms with Crippen molar-refractivity contribution in [3.05, 3.63) is 29.8 Å². The Morgan fingerprint density at radius 3 is 2.90 bits per heavy atom. The van der Waals surface area contributed by atoms with Gasteiger partial charge in [0.2, 0.25) is 0 Å². The summed E-state index contributed by atoms with van der Waals surface area (Å²) in [6.45, 7) is 4.80. The minimum Gasteiger partial charge on any atom is -0.369 e. The molecule has 1 aromatic rings. The summed E-state index contributed by atoms with van der Waals surface area (Å²) in [4.78, 5) is 14.3. The van der Waals surface area contributed by atoms with E-state index < -0.39 is 0 Å². The number of hydrogen-bond acceptors (Lipinski definition) is 3. The molecule has 0 fully saturated rings. The van der Waals surface area contributed by atoms with Crippen molar-refractivity contribution < 1.29 is 9.53 Å². The highest BCUT2D eigenvalue weighted by molar-refractivity contribution is 5.95. The number of benzene rings is 1. The molecule has 1 aliphatic heterocycles. The number of para-hydroxylation sites is 1. The van der Waals surface area contributed by atoms with Crippen molar-refractivity contribution in [1.29, 1.82) is 0 Å². The van der Waals surface area contributed by atoms with Crippen LogP contribution in [0.3, 0.4) is 0 Å². The van der Waals surface area contributed by atoms with Crippen LogP contribution in [-0.4, -0.2) is 32.2 Å². The fourth-order valence-corrected chi connectivity index (χ4v) is 2.63. The van der Waals surface area contributed by atoms with Crippen LogP contribution in [0.15, 0.2) is 24.3 Å². The average molecular weight is 276 g/mol. The summed E-state index contributed by atoms with van der Waals surface area (Å²) >= 11 is 0. The Balaban J connectivity index is 2.23. The number of nitrogens with one attached hydrogen (secondary N) is 1. The van der Waals surface area contributed by atoms with E-state index >= 15 is 0 Å². The maximum atomic E-state index is 12.4. The molecule has 1 heterocycles. The second kappa shape index (κ2) is 6.86. The highest BCUT2D eigenvalue weighted by Crippen LogP contribution is 2.32. The number of rotatable bonds is 4. The second-order valence-corrected chi connectivity index (χ2v) is 5.45. The summed E-state index contributed by atoms with van der Waals surface area (Å²) in [5.74, 6) is 0.0444. The van der Waals surface area contributed by atoms with Gasteiger partial charge in [0.15, 0.2) is 0 Å². The third kappa shape index (κ3) is 3.38. The lowest BCUT2D eigenvalue weighted by Crippen LogP contribution is -2.35. The summed E-state index contributed by atoms with van der Waals surface area (Å²) in [7, 11) is 1.97. The third-order valence-corrected chi connectivity index (χ3v) is 3.67. The van der Waals surface area contributed by atoms with Crippen molar-refractivity contribution in [2.24, 2.45) is 0 Å². The zero-order valence-corrected chi connectivity index (χ0v) is 12.6. The molecule has 1 aliphatic rings. The van der Waals surface area contributed by atoms with Crippen LogP contribution < -0.4 is 10.2 Å². The summed E-state index contributed by atoms with van der Waals surface area (Å²) in [6.07, 6.45) is 2.11. The van der Waals surface area contributed by atoms with Gasteiger partial charge in [-0.3, -0.25) is 4.79 Å². The molecule has 0 aromatic heterocycles. The molecule has 1 amide bonds. The zero-order chi connectivity index (χ0) is 14.5. The monoisotopic (exact) mass is 276 g/mol. The van der Waals surface area contributed by atoms with Gasteiger partial charge < -0.3 is 15.0 Å². The minimum absolute atomic E-state index is 0.0444. The molecule has 4 heteroatoms. The van der Waals surface area contributed by atoms with E-state index in [4.69, 9.17) is 4.74 Å². The highest BCUT2D eigenvalue weighted by atomic mass is 16.5. The largest absolute Gasteiger partial charge is 0.369 e. The van der Waals surface area contributed by atoms with E-state index in [0.717, 1.165) is 25.1 Å². The lowest BCUT2D eigenvalue weighted by Gasteiger charge is -2.24. The highest BCUT2D eigenvalue weighted by Gasteiger charge is 2.25. The van der Waals surface area contributed by atoms with Gasteiger partial charge in [0.1, 0.15) is 6.61 Å². The molecule has 0 saturated carbocycles. The molecular formula is C16H24N2O2. The van der Waals surface area contributed by atoms with Crippen LogP contribution in [0.4, 0.5) is 5.69 Å². The van der Waals surface area contributed by atoms with Crippen molar-refractivity contribution in [2.75, 3.05) is 25.1 Å². The van der Waals surface area contributed by atoms with Crippen molar-refractivity contribution in [3.63, 3.8) is 0 Å². The van der Waals surface area contributed by atoms with Crippen molar-refractivity contribution in [3.8, 4) is 0 Å². The number of amides is 1. The van der Waals surface area contributed by atoms with E-state index in [2.05, 4.69) is 11.4 Å². The standard InChI is InChI=1S/C16H24N2O2/c1-12(2)20-11-16(19)18-10-6-8-14(17-3)13-7-4-5-9-15(13)18/h4-5,7,9,12,14,17H,6,8,10-11H2,1-3H3. The van der Waals surface area contributed by atoms with Crippen LogP contribution in [-0.2, 0) is 9.53 Å². The molecule has 1 N–H and O–H groups in total. The maximum Gasteiger partial charge on any atom is 0.252 e. The molecule has 110 valence electrons. The molecule has 20 heavy (non-hydrogen) atoms. The van der Waals surface area contributed by atoms with Crippen molar-refractivity contribution in [1.82, 2.24) is 5.32 Å². The molecule has 0 saturated heterocycles. The van der Waals surface area contributed by atoms with Crippen LogP contribution in [0, 0.1) is 0 Å². The van der Waals surface area contributed by atoms with Crippen LogP contribution in [0.2, 0.25) is 0 Å². The van der Waals surface area contributed by atoms with E-state index in [0.29, 0.717) is 6.04 Å². The van der Waals surface area contributed by atoms with Gasteiger partial charge in [-0.15, -0.1) is 0 Å². The molecule has 2 rings (SSSR count). The van der Waals surface area contributed by atoms with Gasteiger partial charge in [0.05, 0.1) is 6.10 Å². The Kier molecular flexibility index (Phi) is 5.15. The first-order chi connectivity index (χ1) is 9.63. The van der Waals surface area contributed by atoms with Crippen LogP contribution in [0.25, 0.3) is 0 Å². The van der Waals surface area contributed by atoms with Gasteiger partial charge in [-0.05, 0) is 45.4 Å². The van der Waals surface area contributed by atoms with Gasteiger partial charge in [-0.1, -0.05) is 18.2 Å². The number of anilines is 1. The van der Waals surface area contributed by atoms with Gasteiger partial charge in [-0.25, -0.2) is 0 Å². The number of hydrogen-bond donors (Lipinski definition) is 1. The molecular weight excluding hydrogens is 252 g/mol. The van der Waals surface area contributed by atoms with Crippen LogP contribution >= 0.6 is 0 Å². The lowest BCUT2D eigenvalue weighted by atomic mass is 10.0. The van der Waals surface area contributed by atoms with E-state index in [9.17, 15) is 4.79 Å². The smallest absolute Gasteiger partial charge is 0.252 e. The quantitative estimate of drug-likeness (QED) is 0.918. The fourth-order valence-electron chi connectivity index (χ4n) is 2.63. The van der Waals surface area contributed by atoms with E-state index in [1.54, 1.807) is 0 Å². The summed E-state index contributed by atoms with van der Waals surface area (Å²) in [6, 6.07) is 8.46. The Morgan fingerprint density at radius 1 is 1.45 bits per heavy atom. The van der Waals surface area contributed by atoms with E-state index in [1.165, 1.54) is 5.56 Å². The summed E-state index contributed by atoms with van der Waals surface area (Å²) < 4.78 is 5.46. The topological polar surface area (TPSA) is 41.6 Å². The van der Waals surface area contributed by atoms with Crippen LogP contribution in [0.5, 0.6) is 0 Å². The number of ether oxygens (including phenoxy) is 1. The summed E-state index contributed by atoms with van der Waals surface area (Å²) in [5, 5.41) is 3.34. The molecule has 1 atom stereocenters. The maximum absolute atomic E-state index is 12.4. The first-order valence-electron chi connectivity index (χ1n) is 7.31. The molecule has 0 radical (unpaired) electrons. The Hall–Kier alpha value is -1.39. The third-order valence-electron chi connectivity index (χ3n) is 3.67. The SMILES string of the molecule is CNC1CCCN(C(=O)COC(C)C)c2ccccc21. The van der Waals surface area contributed by atoms with Gasteiger partial charge in [0.25, 0.3) is 5.91 Å². The lowest BCUT2D eigenvalue weighted by molar-refractivity contribution is -0.124. The van der Waals surface area contributed by atoms with Crippen molar-refractivity contribution in [2.45, 2.75) is 38.8 Å². The molecule has 4 nitrogen and oxygen atoms in total. The normalized spacial score (nSPS) is 18.8. The second-order valence-electron chi connectivity index (χ2n) is 5.45. The van der Waals surface area contributed by atoms with Crippen molar-refractivity contribution >= 4 is 11.6 Å². The molecule has 1 unspecified atom stereocenters. The predicted molar refractivity (Wildman–Crippen MR) is 80.9 cm³/mol. The first kappa shape index (κ1) is 15.0. The summed E-state index contributed by atoms with van der Waals surface area (Å²) in [5.41, 5.74) is 2.21. The van der Waals surface area contributed by atoms with Crippen LogP contribution in [0.1, 0.15) is 38.3 Å². The number of carbonyl (C=O) groups is 1. The molecule has 1 aromatic carbocycles. The molecule has 0 aliphatic carbocycles. The average Bonchev–Trinajstić information content (AvgIpc) is 2.64. The fraction of sp³-hybridized carbons (Fsp3) is 0.562. The number of fused-ring (bicyclic) bond motifs is 1. The number of carbonyl (C=O) groups excluding carboxylic acids is 1. The minimum atomic E-state index is 0.0444.